The van der Waals surface area contributed by atoms with Crippen molar-refractivity contribution in [2.75, 3.05) is 5.75 Å². The average molecular weight is 334 g/mol. The van der Waals surface area contributed by atoms with Gasteiger partial charge in [-0.15, -0.1) is 23.1 Å². The number of rotatable bonds is 6. The molecule has 1 aliphatic carbocycles. The van der Waals surface area contributed by atoms with Gasteiger partial charge < -0.3 is 5.32 Å². The van der Waals surface area contributed by atoms with Gasteiger partial charge in [0.25, 0.3) is 0 Å². The Morgan fingerprint density at radius 1 is 1.36 bits per heavy atom. The van der Waals surface area contributed by atoms with Gasteiger partial charge in [0.15, 0.2) is 0 Å². The van der Waals surface area contributed by atoms with Gasteiger partial charge in [0.1, 0.15) is 0 Å². The Labute approximate surface area is 140 Å². The molecule has 1 aliphatic rings. The molecule has 0 spiro atoms. The Balaban J connectivity index is 1.49. The number of amides is 1. The fourth-order valence-corrected chi connectivity index (χ4v) is 5.25. The van der Waals surface area contributed by atoms with E-state index in [0.717, 1.165) is 6.42 Å². The van der Waals surface area contributed by atoms with Crippen LogP contribution in [-0.2, 0) is 11.2 Å². The van der Waals surface area contributed by atoms with Gasteiger partial charge in [-0.1, -0.05) is 31.0 Å². The van der Waals surface area contributed by atoms with E-state index in [1.165, 1.54) is 41.3 Å². The number of fused-ring (bicyclic) bond motifs is 1. The van der Waals surface area contributed by atoms with Crippen molar-refractivity contribution in [1.29, 1.82) is 0 Å². The SMILES string of the molecule is CC(Cc1csc2ccccc12)NC(=O)CSC1CCCC1. The molecule has 0 radical (unpaired) electrons. The van der Waals surface area contributed by atoms with Crippen molar-refractivity contribution < 1.29 is 4.79 Å². The zero-order valence-corrected chi connectivity index (χ0v) is 14.6. The standard InChI is InChI=1S/C18H23NOS2/c1-13(19-18(20)12-21-15-6-2-3-7-15)10-14-11-22-17-9-5-4-8-16(14)17/h4-5,8-9,11,13,15H,2-3,6-7,10,12H2,1H3,(H,19,20). The van der Waals surface area contributed by atoms with Crippen LogP contribution in [0.1, 0.15) is 38.2 Å². The molecule has 1 atom stereocenters. The average Bonchev–Trinajstić information content (AvgIpc) is 3.15. The van der Waals surface area contributed by atoms with E-state index in [1.54, 1.807) is 11.3 Å². The summed E-state index contributed by atoms with van der Waals surface area (Å²) in [6.07, 6.45) is 6.15. The molecular formula is C18H23NOS2. The molecule has 1 heterocycles. The molecule has 1 aromatic heterocycles. The van der Waals surface area contributed by atoms with Crippen LogP contribution in [0.4, 0.5) is 0 Å². The van der Waals surface area contributed by atoms with Crippen molar-refractivity contribution in [3.8, 4) is 0 Å². The first-order chi connectivity index (χ1) is 10.7. The molecule has 1 saturated carbocycles. The largest absolute Gasteiger partial charge is 0.353 e. The fourth-order valence-electron chi connectivity index (χ4n) is 3.14. The van der Waals surface area contributed by atoms with E-state index >= 15 is 0 Å². The van der Waals surface area contributed by atoms with E-state index < -0.39 is 0 Å². The minimum Gasteiger partial charge on any atom is -0.353 e. The molecule has 4 heteroatoms. The zero-order valence-electron chi connectivity index (χ0n) is 13.0. The third-order valence-electron chi connectivity index (χ3n) is 4.25. The Hall–Kier alpha value is -1.000. The number of thioether (sulfide) groups is 1. The normalized spacial score (nSPS) is 17.0. The van der Waals surface area contributed by atoms with Gasteiger partial charge in [-0.05, 0) is 48.6 Å². The summed E-state index contributed by atoms with van der Waals surface area (Å²) in [4.78, 5) is 12.1. The summed E-state index contributed by atoms with van der Waals surface area (Å²) in [7, 11) is 0. The van der Waals surface area contributed by atoms with Gasteiger partial charge in [0.2, 0.25) is 5.91 Å². The summed E-state index contributed by atoms with van der Waals surface area (Å²) in [5.74, 6) is 0.795. The molecule has 1 N–H and O–H groups in total. The number of nitrogens with one attached hydrogen (secondary N) is 1. The molecule has 2 aromatic rings. The third-order valence-corrected chi connectivity index (χ3v) is 6.63. The van der Waals surface area contributed by atoms with Crippen LogP contribution in [-0.4, -0.2) is 23.0 Å². The Bertz CT molecular complexity index is 631. The van der Waals surface area contributed by atoms with Crippen LogP contribution in [0.15, 0.2) is 29.6 Å². The molecule has 1 amide bonds. The summed E-state index contributed by atoms with van der Waals surface area (Å²) in [6, 6.07) is 8.68. The van der Waals surface area contributed by atoms with Gasteiger partial charge in [0, 0.05) is 16.0 Å². The minimum atomic E-state index is 0.184. The molecule has 3 rings (SSSR count). The molecule has 118 valence electrons. The summed E-state index contributed by atoms with van der Waals surface area (Å²) in [5, 5.41) is 7.41. The van der Waals surface area contributed by atoms with Crippen LogP contribution >= 0.6 is 23.1 Å². The lowest BCUT2D eigenvalue weighted by atomic mass is 10.1. The monoisotopic (exact) mass is 333 g/mol. The van der Waals surface area contributed by atoms with Gasteiger partial charge in [-0.25, -0.2) is 0 Å². The summed E-state index contributed by atoms with van der Waals surface area (Å²) >= 11 is 3.62. The highest BCUT2D eigenvalue weighted by Crippen LogP contribution is 2.29. The first kappa shape index (κ1) is 15.9. The number of carbonyl (C=O) groups excluding carboxylic acids is 1. The van der Waals surface area contributed by atoms with Crippen LogP contribution < -0.4 is 5.32 Å². The van der Waals surface area contributed by atoms with Crippen LogP contribution in [0.5, 0.6) is 0 Å². The zero-order chi connectivity index (χ0) is 15.4. The number of carbonyl (C=O) groups is 1. The van der Waals surface area contributed by atoms with E-state index in [0.29, 0.717) is 11.0 Å². The van der Waals surface area contributed by atoms with Crippen LogP contribution in [0, 0.1) is 0 Å². The summed E-state index contributed by atoms with van der Waals surface area (Å²) in [5.41, 5.74) is 1.34. The van der Waals surface area contributed by atoms with Crippen molar-refractivity contribution >= 4 is 39.1 Å². The van der Waals surface area contributed by atoms with Crippen LogP contribution in [0.3, 0.4) is 0 Å². The second kappa shape index (κ2) is 7.51. The van der Waals surface area contributed by atoms with Crippen molar-refractivity contribution in [2.24, 2.45) is 0 Å². The topological polar surface area (TPSA) is 29.1 Å². The lowest BCUT2D eigenvalue weighted by molar-refractivity contribution is -0.119. The molecule has 22 heavy (non-hydrogen) atoms. The Kier molecular flexibility index (Phi) is 5.42. The van der Waals surface area contributed by atoms with Crippen LogP contribution in [0.2, 0.25) is 0 Å². The molecule has 2 nitrogen and oxygen atoms in total. The molecule has 1 aromatic carbocycles. The fraction of sp³-hybridized carbons (Fsp3) is 0.500. The van der Waals surface area contributed by atoms with Crippen molar-refractivity contribution in [2.45, 2.75) is 50.3 Å². The Morgan fingerprint density at radius 2 is 2.14 bits per heavy atom. The van der Waals surface area contributed by atoms with Crippen LogP contribution in [0.25, 0.3) is 10.1 Å². The lowest BCUT2D eigenvalue weighted by Crippen LogP contribution is -2.35. The summed E-state index contributed by atoms with van der Waals surface area (Å²) in [6.45, 7) is 2.10. The number of hydrogen-bond donors (Lipinski definition) is 1. The highest BCUT2D eigenvalue weighted by Gasteiger charge is 2.17. The predicted molar refractivity (Wildman–Crippen MR) is 97.8 cm³/mol. The first-order valence-electron chi connectivity index (χ1n) is 8.08. The van der Waals surface area contributed by atoms with Crippen molar-refractivity contribution in [3.05, 3.63) is 35.2 Å². The van der Waals surface area contributed by atoms with E-state index in [9.17, 15) is 4.79 Å². The van der Waals surface area contributed by atoms with E-state index in [-0.39, 0.29) is 11.9 Å². The van der Waals surface area contributed by atoms with E-state index in [1.807, 2.05) is 11.8 Å². The van der Waals surface area contributed by atoms with E-state index in [4.69, 9.17) is 0 Å². The Morgan fingerprint density at radius 3 is 2.95 bits per heavy atom. The second-order valence-electron chi connectivity index (χ2n) is 6.15. The maximum atomic E-state index is 12.1. The van der Waals surface area contributed by atoms with Gasteiger partial charge in [0.05, 0.1) is 5.75 Å². The number of benzene rings is 1. The predicted octanol–water partition coefficient (Wildman–Crippen LogP) is 4.62. The van der Waals surface area contributed by atoms with Crippen molar-refractivity contribution in [3.63, 3.8) is 0 Å². The maximum Gasteiger partial charge on any atom is 0.230 e. The highest BCUT2D eigenvalue weighted by molar-refractivity contribution is 8.00. The smallest absolute Gasteiger partial charge is 0.230 e. The van der Waals surface area contributed by atoms with Crippen molar-refractivity contribution in [1.82, 2.24) is 5.32 Å². The lowest BCUT2D eigenvalue weighted by Gasteiger charge is -2.14. The molecular weight excluding hydrogens is 310 g/mol. The molecule has 0 saturated heterocycles. The molecule has 1 fully saturated rings. The summed E-state index contributed by atoms with van der Waals surface area (Å²) < 4.78 is 1.33. The van der Waals surface area contributed by atoms with Gasteiger partial charge >= 0.3 is 0 Å². The molecule has 1 unspecified atom stereocenters. The highest BCUT2D eigenvalue weighted by atomic mass is 32.2. The van der Waals surface area contributed by atoms with Gasteiger partial charge in [-0.3, -0.25) is 4.79 Å². The minimum absolute atomic E-state index is 0.184. The number of hydrogen-bond acceptors (Lipinski definition) is 3. The molecule has 0 aliphatic heterocycles. The molecule has 0 bridgehead atoms. The quantitative estimate of drug-likeness (QED) is 0.835. The van der Waals surface area contributed by atoms with E-state index in [2.05, 4.69) is 41.9 Å². The first-order valence-corrected chi connectivity index (χ1v) is 10.0. The maximum absolute atomic E-state index is 12.1. The van der Waals surface area contributed by atoms with Gasteiger partial charge in [-0.2, -0.15) is 0 Å². The second-order valence-corrected chi connectivity index (χ2v) is 8.35. The third kappa shape index (κ3) is 4.05. The number of thiophene rings is 1.